The summed E-state index contributed by atoms with van der Waals surface area (Å²) in [6.07, 6.45) is 7.61. The van der Waals surface area contributed by atoms with E-state index in [0.29, 0.717) is 6.42 Å². The minimum atomic E-state index is -1.02. The molecule has 9 heavy (non-hydrogen) atoms. The summed E-state index contributed by atoms with van der Waals surface area (Å²) in [7, 11) is 0. The van der Waals surface area contributed by atoms with Gasteiger partial charge in [-0.2, -0.15) is 0 Å². The molecule has 1 aliphatic carbocycles. The first-order valence-electron chi connectivity index (χ1n) is 2.81. The number of hydrogen-bond donors (Lipinski definition) is 3. The lowest BCUT2D eigenvalue weighted by Gasteiger charge is -2.23. The minimum absolute atomic E-state index is 0.528. The van der Waals surface area contributed by atoms with Gasteiger partial charge in [0.1, 0.15) is 0 Å². The molecule has 0 spiro atoms. The Labute approximate surface area is 53.8 Å². The Hall–Kier alpha value is -0.640. The maximum absolute atomic E-state index is 9.31. The molecule has 0 aliphatic heterocycles. The van der Waals surface area contributed by atoms with E-state index in [2.05, 4.69) is 5.43 Å². The van der Waals surface area contributed by atoms with Gasteiger partial charge in [-0.3, -0.25) is 5.84 Å². The van der Waals surface area contributed by atoms with Crippen LogP contribution in [-0.2, 0) is 0 Å². The Kier molecular flexibility index (Phi) is 1.66. The summed E-state index contributed by atoms with van der Waals surface area (Å²) in [6, 6.07) is 0. The van der Waals surface area contributed by atoms with E-state index >= 15 is 0 Å². The largest absolute Gasteiger partial charge is 0.371 e. The summed E-state index contributed by atoms with van der Waals surface area (Å²) < 4.78 is 0. The summed E-state index contributed by atoms with van der Waals surface area (Å²) in [6.45, 7) is 0. The third-order valence-corrected chi connectivity index (χ3v) is 1.30. The van der Waals surface area contributed by atoms with E-state index in [-0.39, 0.29) is 0 Å². The van der Waals surface area contributed by atoms with Crippen molar-refractivity contribution in [3.8, 4) is 0 Å². The van der Waals surface area contributed by atoms with Crippen LogP contribution in [0.15, 0.2) is 24.3 Å². The molecule has 0 aromatic rings. The number of hydrogen-bond acceptors (Lipinski definition) is 3. The number of aliphatic hydroxyl groups is 1. The SMILES string of the molecule is NNC1(O)C=CC=CC1. The quantitative estimate of drug-likeness (QED) is 0.256. The molecule has 3 nitrogen and oxygen atoms in total. The lowest BCUT2D eigenvalue weighted by Crippen LogP contribution is -2.47. The van der Waals surface area contributed by atoms with Crippen molar-refractivity contribution >= 4 is 0 Å². The van der Waals surface area contributed by atoms with E-state index in [0.717, 1.165) is 0 Å². The smallest absolute Gasteiger partial charge is 0.150 e. The van der Waals surface area contributed by atoms with Crippen molar-refractivity contribution in [2.45, 2.75) is 12.1 Å². The third kappa shape index (κ3) is 1.38. The molecular formula is C6H10N2O. The topological polar surface area (TPSA) is 58.3 Å². The zero-order valence-electron chi connectivity index (χ0n) is 5.04. The molecule has 1 rings (SSSR count). The fourth-order valence-corrected chi connectivity index (χ4v) is 0.716. The van der Waals surface area contributed by atoms with Crippen LogP contribution in [0.4, 0.5) is 0 Å². The zero-order chi connectivity index (χ0) is 6.74. The molecule has 3 heteroatoms. The molecule has 4 N–H and O–H groups in total. The average molecular weight is 126 g/mol. The predicted molar refractivity (Wildman–Crippen MR) is 35.2 cm³/mol. The van der Waals surface area contributed by atoms with E-state index in [1.807, 2.05) is 12.2 Å². The van der Waals surface area contributed by atoms with Crippen LogP contribution in [0.3, 0.4) is 0 Å². The van der Waals surface area contributed by atoms with Gasteiger partial charge in [0, 0.05) is 6.42 Å². The van der Waals surface area contributed by atoms with Gasteiger partial charge < -0.3 is 5.11 Å². The Morgan fingerprint density at radius 3 is 2.67 bits per heavy atom. The average Bonchev–Trinajstić information content (AvgIpc) is 1.90. The molecule has 0 fully saturated rings. The first-order chi connectivity index (χ1) is 4.27. The van der Waals surface area contributed by atoms with Gasteiger partial charge in [-0.25, -0.2) is 5.43 Å². The van der Waals surface area contributed by atoms with Crippen LogP contribution >= 0.6 is 0 Å². The summed E-state index contributed by atoms with van der Waals surface area (Å²) in [5.74, 6) is 5.05. The van der Waals surface area contributed by atoms with Crippen LogP contribution in [0.2, 0.25) is 0 Å². The van der Waals surface area contributed by atoms with Crippen LogP contribution in [0, 0.1) is 0 Å². The van der Waals surface area contributed by atoms with Gasteiger partial charge >= 0.3 is 0 Å². The van der Waals surface area contributed by atoms with E-state index in [1.54, 1.807) is 12.2 Å². The van der Waals surface area contributed by atoms with Crippen LogP contribution < -0.4 is 11.3 Å². The second-order valence-electron chi connectivity index (χ2n) is 2.06. The number of rotatable bonds is 1. The second-order valence-corrected chi connectivity index (χ2v) is 2.06. The Morgan fingerprint density at radius 2 is 2.33 bits per heavy atom. The molecule has 1 atom stereocenters. The lowest BCUT2D eigenvalue weighted by molar-refractivity contribution is 0.0565. The Balaban J connectivity index is 2.63. The summed E-state index contributed by atoms with van der Waals surface area (Å²) >= 11 is 0. The van der Waals surface area contributed by atoms with Gasteiger partial charge in [-0.05, 0) is 6.08 Å². The van der Waals surface area contributed by atoms with Crippen molar-refractivity contribution in [3.63, 3.8) is 0 Å². The van der Waals surface area contributed by atoms with Crippen LogP contribution in [0.25, 0.3) is 0 Å². The molecule has 0 heterocycles. The Morgan fingerprint density at radius 1 is 1.56 bits per heavy atom. The van der Waals surface area contributed by atoms with Crippen LogP contribution in [0.5, 0.6) is 0 Å². The van der Waals surface area contributed by atoms with Gasteiger partial charge in [-0.1, -0.05) is 18.2 Å². The van der Waals surface area contributed by atoms with Crippen LogP contribution in [0.1, 0.15) is 6.42 Å². The standard InChI is InChI=1S/C6H10N2O/c7-8-6(9)4-2-1-3-5-6/h1-4,8-9H,5,7H2. The highest BCUT2D eigenvalue weighted by atomic mass is 16.3. The summed E-state index contributed by atoms with van der Waals surface area (Å²) in [4.78, 5) is 0. The van der Waals surface area contributed by atoms with Gasteiger partial charge in [0.2, 0.25) is 0 Å². The minimum Gasteiger partial charge on any atom is -0.371 e. The Bertz CT molecular complexity index is 153. The van der Waals surface area contributed by atoms with Gasteiger partial charge in [0.05, 0.1) is 0 Å². The zero-order valence-corrected chi connectivity index (χ0v) is 5.04. The molecule has 0 aromatic carbocycles. The summed E-state index contributed by atoms with van der Waals surface area (Å²) in [5.41, 5.74) is 1.28. The van der Waals surface area contributed by atoms with Crippen molar-refractivity contribution in [2.24, 2.45) is 5.84 Å². The van der Waals surface area contributed by atoms with Crippen molar-refractivity contribution in [3.05, 3.63) is 24.3 Å². The first-order valence-corrected chi connectivity index (χ1v) is 2.81. The monoisotopic (exact) mass is 126 g/mol. The molecule has 0 saturated heterocycles. The molecule has 0 bridgehead atoms. The van der Waals surface area contributed by atoms with Crippen molar-refractivity contribution in [2.75, 3.05) is 0 Å². The number of hydrazine groups is 1. The van der Waals surface area contributed by atoms with E-state index in [1.165, 1.54) is 0 Å². The summed E-state index contributed by atoms with van der Waals surface area (Å²) in [5, 5.41) is 9.31. The third-order valence-electron chi connectivity index (χ3n) is 1.30. The molecule has 1 aliphatic rings. The molecular weight excluding hydrogens is 116 g/mol. The first kappa shape index (κ1) is 6.48. The molecule has 0 saturated carbocycles. The van der Waals surface area contributed by atoms with Gasteiger partial charge in [0.25, 0.3) is 0 Å². The molecule has 0 radical (unpaired) electrons. The molecule has 1 unspecified atom stereocenters. The van der Waals surface area contributed by atoms with E-state index < -0.39 is 5.72 Å². The van der Waals surface area contributed by atoms with Crippen molar-refractivity contribution in [1.29, 1.82) is 0 Å². The van der Waals surface area contributed by atoms with Crippen molar-refractivity contribution < 1.29 is 5.11 Å². The fourth-order valence-electron chi connectivity index (χ4n) is 0.716. The van der Waals surface area contributed by atoms with Gasteiger partial charge in [0.15, 0.2) is 5.72 Å². The number of allylic oxidation sites excluding steroid dienone is 2. The molecule has 50 valence electrons. The number of nitrogens with one attached hydrogen (secondary N) is 1. The lowest BCUT2D eigenvalue weighted by atomic mass is 10.1. The highest BCUT2D eigenvalue weighted by molar-refractivity contribution is 5.16. The maximum Gasteiger partial charge on any atom is 0.150 e. The highest BCUT2D eigenvalue weighted by Crippen LogP contribution is 2.11. The highest BCUT2D eigenvalue weighted by Gasteiger charge is 2.19. The van der Waals surface area contributed by atoms with Crippen LogP contribution in [-0.4, -0.2) is 10.8 Å². The van der Waals surface area contributed by atoms with E-state index in [4.69, 9.17) is 5.84 Å². The number of nitrogens with two attached hydrogens (primary N) is 1. The van der Waals surface area contributed by atoms with E-state index in [9.17, 15) is 5.11 Å². The van der Waals surface area contributed by atoms with Crippen molar-refractivity contribution in [1.82, 2.24) is 5.43 Å². The fraction of sp³-hybridized carbons (Fsp3) is 0.333. The normalized spacial score (nSPS) is 33.1. The molecule has 0 aromatic heterocycles. The van der Waals surface area contributed by atoms with Gasteiger partial charge in [-0.15, -0.1) is 0 Å². The second kappa shape index (κ2) is 2.31. The maximum atomic E-state index is 9.31. The predicted octanol–water partition coefficient (Wildman–Crippen LogP) is -0.346. The molecule has 0 amide bonds.